The number of rotatable bonds is 3. The molecule has 0 bridgehead atoms. The van der Waals surface area contributed by atoms with Crippen molar-refractivity contribution in [2.45, 2.75) is 58.5 Å². The molecule has 2 heterocycles. The molecule has 1 N–H and O–H groups in total. The zero-order valence-electron chi connectivity index (χ0n) is 12.4. The molecule has 1 saturated heterocycles. The standard InChI is InChI=1S/C14H23N3OS/c1-9(2)15-10-6-7-17(12(10)18)13-16-11(8-19-13)14(3,4)5/h8-10,15H,6-7H2,1-5H3. The van der Waals surface area contributed by atoms with Crippen molar-refractivity contribution in [3.8, 4) is 0 Å². The number of anilines is 1. The van der Waals surface area contributed by atoms with E-state index in [-0.39, 0.29) is 17.4 Å². The van der Waals surface area contributed by atoms with E-state index in [0.717, 1.165) is 23.8 Å². The van der Waals surface area contributed by atoms with Crippen molar-refractivity contribution in [2.75, 3.05) is 11.4 Å². The van der Waals surface area contributed by atoms with Gasteiger partial charge in [0.1, 0.15) is 0 Å². The third-order valence-electron chi connectivity index (χ3n) is 3.23. The number of aromatic nitrogens is 1. The van der Waals surface area contributed by atoms with Crippen LogP contribution in [0.4, 0.5) is 5.13 Å². The van der Waals surface area contributed by atoms with E-state index < -0.39 is 0 Å². The Morgan fingerprint density at radius 2 is 2.16 bits per heavy atom. The molecule has 0 radical (unpaired) electrons. The highest BCUT2D eigenvalue weighted by Gasteiger charge is 2.34. The Morgan fingerprint density at radius 3 is 2.68 bits per heavy atom. The Hall–Kier alpha value is -0.940. The summed E-state index contributed by atoms with van der Waals surface area (Å²) >= 11 is 1.56. The summed E-state index contributed by atoms with van der Waals surface area (Å²) in [4.78, 5) is 18.8. The summed E-state index contributed by atoms with van der Waals surface area (Å²) in [5, 5.41) is 6.21. The second-order valence-corrected chi connectivity index (χ2v) is 7.25. The van der Waals surface area contributed by atoms with Gasteiger partial charge in [0, 0.05) is 23.4 Å². The van der Waals surface area contributed by atoms with Gasteiger partial charge in [0.2, 0.25) is 5.91 Å². The van der Waals surface area contributed by atoms with Gasteiger partial charge in [-0.3, -0.25) is 9.69 Å². The van der Waals surface area contributed by atoms with E-state index in [2.05, 4.69) is 50.3 Å². The summed E-state index contributed by atoms with van der Waals surface area (Å²) in [6, 6.07) is 0.275. The number of thiazole rings is 1. The van der Waals surface area contributed by atoms with E-state index in [1.54, 1.807) is 11.3 Å². The number of nitrogens with one attached hydrogen (secondary N) is 1. The molecule has 5 heteroatoms. The van der Waals surface area contributed by atoms with Crippen molar-refractivity contribution >= 4 is 22.4 Å². The third-order valence-corrected chi connectivity index (χ3v) is 4.10. The van der Waals surface area contributed by atoms with Gasteiger partial charge < -0.3 is 5.32 Å². The molecule has 1 aromatic rings. The van der Waals surface area contributed by atoms with Gasteiger partial charge in [-0.05, 0) is 6.42 Å². The van der Waals surface area contributed by atoms with E-state index in [1.807, 2.05) is 4.90 Å². The molecular weight excluding hydrogens is 258 g/mol. The summed E-state index contributed by atoms with van der Waals surface area (Å²) in [6.07, 6.45) is 0.863. The number of carbonyl (C=O) groups excluding carboxylic acids is 1. The largest absolute Gasteiger partial charge is 0.304 e. The molecule has 1 amide bonds. The normalized spacial score (nSPS) is 20.6. The van der Waals surface area contributed by atoms with Crippen molar-refractivity contribution in [1.82, 2.24) is 10.3 Å². The van der Waals surface area contributed by atoms with Crippen LogP contribution in [0.3, 0.4) is 0 Å². The van der Waals surface area contributed by atoms with Gasteiger partial charge in [0.15, 0.2) is 5.13 Å². The fraction of sp³-hybridized carbons (Fsp3) is 0.714. The van der Waals surface area contributed by atoms with Crippen molar-refractivity contribution in [1.29, 1.82) is 0 Å². The van der Waals surface area contributed by atoms with Crippen LogP contribution in [0.2, 0.25) is 0 Å². The zero-order valence-corrected chi connectivity index (χ0v) is 13.2. The lowest BCUT2D eigenvalue weighted by Gasteiger charge is -2.17. The first-order valence-electron chi connectivity index (χ1n) is 6.82. The Kier molecular flexibility index (Phi) is 3.97. The van der Waals surface area contributed by atoms with Crippen LogP contribution < -0.4 is 10.2 Å². The van der Waals surface area contributed by atoms with Gasteiger partial charge in [0.25, 0.3) is 0 Å². The van der Waals surface area contributed by atoms with Crippen molar-refractivity contribution < 1.29 is 4.79 Å². The Balaban J connectivity index is 2.11. The van der Waals surface area contributed by atoms with Crippen LogP contribution in [-0.2, 0) is 10.2 Å². The second-order valence-electron chi connectivity index (χ2n) is 6.42. The summed E-state index contributed by atoms with van der Waals surface area (Å²) in [7, 11) is 0. The average molecular weight is 281 g/mol. The quantitative estimate of drug-likeness (QED) is 0.926. The van der Waals surface area contributed by atoms with Crippen LogP contribution in [0.5, 0.6) is 0 Å². The van der Waals surface area contributed by atoms with E-state index in [4.69, 9.17) is 0 Å². The van der Waals surface area contributed by atoms with E-state index in [0.29, 0.717) is 6.04 Å². The first kappa shape index (κ1) is 14.5. The maximum Gasteiger partial charge on any atom is 0.245 e. The van der Waals surface area contributed by atoms with E-state index in [1.165, 1.54) is 0 Å². The van der Waals surface area contributed by atoms with Gasteiger partial charge in [0.05, 0.1) is 11.7 Å². The Bertz CT molecular complexity index is 462. The molecule has 1 aliphatic rings. The third kappa shape index (κ3) is 3.15. The molecule has 0 aromatic carbocycles. The highest BCUT2D eigenvalue weighted by atomic mass is 32.1. The summed E-state index contributed by atoms with van der Waals surface area (Å²) < 4.78 is 0. The highest BCUT2D eigenvalue weighted by molar-refractivity contribution is 7.14. The van der Waals surface area contributed by atoms with Gasteiger partial charge in [-0.25, -0.2) is 4.98 Å². The summed E-state index contributed by atoms with van der Waals surface area (Å²) in [5.74, 6) is 0.156. The highest BCUT2D eigenvalue weighted by Crippen LogP contribution is 2.30. The van der Waals surface area contributed by atoms with E-state index >= 15 is 0 Å². The monoisotopic (exact) mass is 281 g/mol. The fourth-order valence-corrected chi connectivity index (χ4v) is 3.24. The van der Waals surface area contributed by atoms with Gasteiger partial charge in [-0.1, -0.05) is 34.6 Å². The Morgan fingerprint density at radius 1 is 1.47 bits per heavy atom. The molecular formula is C14H23N3OS. The van der Waals surface area contributed by atoms with Crippen LogP contribution in [0, 0.1) is 0 Å². The first-order chi connectivity index (χ1) is 8.79. The molecule has 4 nitrogen and oxygen atoms in total. The lowest BCUT2D eigenvalue weighted by Crippen LogP contribution is -2.41. The number of hydrogen-bond acceptors (Lipinski definition) is 4. The first-order valence-corrected chi connectivity index (χ1v) is 7.70. The molecule has 19 heavy (non-hydrogen) atoms. The number of nitrogens with zero attached hydrogens (tertiary/aromatic N) is 2. The predicted octanol–water partition coefficient (Wildman–Crippen LogP) is 2.54. The number of carbonyl (C=O) groups is 1. The smallest absolute Gasteiger partial charge is 0.245 e. The van der Waals surface area contributed by atoms with Crippen molar-refractivity contribution in [2.24, 2.45) is 0 Å². The molecule has 2 rings (SSSR count). The van der Waals surface area contributed by atoms with Crippen LogP contribution in [0.1, 0.15) is 46.7 Å². The van der Waals surface area contributed by atoms with Crippen molar-refractivity contribution in [3.63, 3.8) is 0 Å². The van der Waals surface area contributed by atoms with Crippen LogP contribution in [0.15, 0.2) is 5.38 Å². The SMILES string of the molecule is CC(C)NC1CCN(c2nc(C(C)(C)C)cs2)C1=O. The zero-order chi connectivity index (χ0) is 14.2. The maximum atomic E-state index is 12.3. The molecule has 1 unspecified atom stereocenters. The lowest BCUT2D eigenvalue weighted by atomic mass is 9.93. The molecule has 1 aliphatic heterocycles. The molecule has 0 spiro atoms. The van der Waals surface area contributed by atoms with Gasteiger partial charge in [-0.2, -0.15) is 0 Å². The molecule has 0 aliphatic carbocycles. The van der Waals surface area contributed by atoms with Crippen LogP contribution in [-0.4, -0.2) is 29.5 Å². The minimum absolute atomic E-state index is 0.0348. The Labute approximate surface area is 119 Å². The minimum Gasteiger partial charge on any atom is -0.304 e. The molecule has 0 saturated carbocycles. The topological polar surface area (TPSA) is 45.2 Å². The van der Waals surface area contributed by atoms with Crippen LogP contribution >= 0.6 is 11.3 Å². The second kappa shape index (κ2) is 5.21. The van der Waals surface area contributed by atoms with Gasteiger partial charge >= 0.3 is 0 Å². The van der Waals surface area contributed by atoms with E-state index in [9.17, 15) is 4.79 Å². The molecule has 1 aromatic heterocycles. The average Bonchev–Trinajstić information content (AvgIpc) is 2.85. The van der Waals surface area contributed by atoms with Crippen LogP contribution in [0.25, 0.3) is 0 Å². The fourth-order valence-electron chi connectivity index (χ4n) is 2.16. The molecule has 106 valence electrons. The lowest BCUT2D eigenvalue weighted by molar-refractivity contribution is -0.118. The van der Waals surface area contributed by atoms with Gasteiger partial charge in [-0.15, -0.1) is 11.3 Å². The van der Waals surface area contributed by atoms with Crippen molar-refractivity contribution in [3.05, 3.63) is 11.1 Å². The molecule has 1 fully saturated rings. The predicted molar refractivity (Wildman–Crippen MR) is 79.8 cm³/mol. The number of amides is 1. The number of hydrogen-bond donors (Lipinski definition) is 1. The maximum absolute atomic E-state index is 12.3. The minimum atomic E-state index is -0.0537. The molecule has 1 atom stereocenters. The summed E-state index contributed by atoms with van der Waals surface area (Å²) in [6.45, 7) is 11.3. The summed E-state index contributed by atoms with van der Waals surface area (Å²) in [5.41, 5.74) is 1.09.